The summed E-state index contributed by atoms with van der Waals surface area (Å²) in [5.74, 6) is -0.975. The number of carbonyl (C=O) groups excluding carboxylic acids is 2. The Kier molecular flexibility index (Phi) is 6.38. The summed E-state index contributed by atoms with van der Waals surface area (Å²) in [6.07, 6.45) is 0. The molecule has 3 N–H and O–H groups in total. The van der Waals surface area contributed by atoms with E-state index in [1.54, 1.807) is 22.8 Å². The molecule has 0 unspecified atom stereocenters. The van der Waals surface area contributed by atoms with Crippen LogP contribution in [-0.4, -0.2) is 38.9 Å². The molecule has 1 heterocycles. The van der Waals surface area contributed by atoms with E-state index in [0.717, 1.165) is 17.3 Å². The van der Waals surface area contributed by atoms with Gasteiger partial charge in [-0.3, -0.25) is 14.2 Å². The van der Waals surface area contributed by atoms with Crippen LogP contribution >= 0.6 is 11.8 Å². The van der Waals surface area contributed by atoms with Gasteiger partial charge in [-0.25, -0.2) is 4.39 Å². The zero-order chi connectivity index (χ0) is 19.9. The fourth-order valence-electron chi connectivity index (χ4n) is 2.51. The number of primary amides is 1. The van der Waals surface area contributed by atoms with Gasteiger partial charge in [0, 0.05) is 0 Å². The topological polar surface area (TPSA) is 103 Å². The molecule has 0 bridgehead atoms. The van der Waals surface area contributed by atoms with Crippen molar-refractivity contribution in [3.8, 4) is 11.4 Å². The third-order valence-electron chi connectivity index (χ3n) is 3.81. The van der Waals surface area contributed by atoms with Gasteiger partial charge in [0.1, 0.15) is 5.82 Å². The van der Waals surface area contributed by atoms with Gasteiger partial charge in [-0.05, 0) is 17.7 Å². The molecule has 0 atom stereocenters. The van der Waals surface area contributed by atoms with Crippen LogP contribution in [-0.2, 0) is 16.1 Å². The number of aromatic nitrogens is 3. The number of hydrogen-bond acceptors (Lipinski definition) is 5. The predicted octanol–water partition coefficient (Wildman–Crippen LogP) is 1.83. The third kappa shape index (κ3) is 4.95. The number of halogens is 1. The summed E-state index contributed by atoms with van der Waals surface area (Å²) in [7, 11) is 0. The van der Waals surface area contributed by atoms with Crippen molar-refractivity contribution in [1.82, 2.24) is 20.1 Å². The van der Waals surface area contributed by atoms with Gasteiger partial charge in [-0.15, -0.1) is 10.2 Å². The van der Waals surface area contributed by atoms with Crippen LogP contribution in [0.5, 0.6) is 0 Å². The van der Waals surface area contributed by atoms with Crippen LogP contribution in [0.1, 0.15) is 5.56 Å². The van der Waals surface area contributed by atoms with Crippen molar-refractivity contribution in [2.24, 2.45) is 5.73 Å². The molecular weight excluding hydrogens is 381 g/mol. The average molecular weight is 399 g/mol. The number of carbonyl (C=O) groups is 2. The SMILES string of the molecule is NC(=O)CNC(=O)CSc1nnc(-c2ccccc2F)n1Cc1ccccc1. The first-order valence-corrected chi connectivity index (χ1v) is 9.43. The van der Waals surface area contributed by atoms with E-state index in [0.29, 0.717) is 23.1 Å². The van der Waals surface area contributed by atoms with Crippen molar-refractivity contribution < 1.29 is 14.0 Å². The van der Waals surface area contributed by atoms with Crippen molar-refractivity contribution >= 4 is 23.6 Å². The fourth-order valence-corrected chi connectivity index (χ4v) is 3.28. The Hall–Kier alpha value is -3.20. The van der Waals surface area contributed by atoms with E-state index < -0.39 is 11.7 Å². The van der Waals surface area contributed by atoms with Gasteiger partial charge in [0.15, 0.2) is 11.0 Å². The summed E-state index contributed by atoms with van der Waals surface area (Å²) < 4.78 is 16.1. The van der Waals surface area contributed by atoms with E-state index in [1.807, 2.05) is 30.3 Å². The Morgan fingerprint density at radius 3 is 2.50 bits per heavy atom. The second-order valence-corrected chi connectivity index (χ2v) is 6.83. The van der Waals surface area contributed by atoms with E-state index in [4.69, 9.17) is 5.73 Å². The Labute approximate surface area is 165 Å². The molecule has 1 aromatic heterocycles. The Bertz CT molecular complexity index is 977. The maximum absolute atomic E-state index is 14.3. The molecule has 0 radical (unpaired) electrons. The third-order valence-corrected chi connectivity index (χ3v) is 4.77. The van der Waals surface area contributed by atoms with Crippen molar-refractivity contribution in [1.29, 1.82) is 0 Å². The maximum Gasteiger partial charge on any atom is 0.236 e. The molecule has 9 heteroatoms. The number of nitrogens with one attached hydrogen (secondary N) is 1. The zero-order valence-corrected chi connectivity index (χ0v) is 15.7. The standard InChI is InChI=1S/C19H18FN5O2S/c20-15-9-5-4-8-14(15)18-23-24-19(28-12-17(27)22-10-16(21)26)25(18)11-13-6-2-1-3-7-13/h1-9H,10-12H2,(H2,21,26)(H,22,27). The highest BCUT2D eigenvalue weighted by atomic mass is 32.2. The molecule has 0 aliphatic carbocycles. The molecule has 144 valence electrons. The van der Waals surface area contributed by atoms with Crippen LogP contribution in [0.15, 0.2) is 59.8 Å². The lowest BCUT2D eigenvalue weighted by Crippen LogP contribution is -2.34. The van der Waals surface area contributed by atoms with E-state index in [1.165, 1.54) is 6.07 Å². The molecule has 0 saturated heterocycles. The van der Waals surface area contributed by atoms with E-state index in [2.05, 4.69) is 15.5 Å². The highest BCUT2D eigenvalue weighted by Gasteiger charge is 2.18. The molecular formula is C19H18FN5O2S. The first-order valence-electron chi connectivity index (χ1n) is 8.44. The van der Waals surface area contributed by atoms with Crippen molar-refractivity contribution in [3.63, 3.8) is 0 Å². The second kappa shape index (κ2) is 9.14. The quantitative estimate of drug-likeness (QED) is 0.563. The zero-order valence-electron chi connectivity index (χ0n) is 14.8. The number of hydrogen-bond donors (Lipinski definition) is 2. The van der Waals surface area contributed by atoms with Gasteiger partial charge in [-0.1, -0.05) is 54.2 Å². The van der Waals surface area contributed by atoms with Crippen molar-refractivity contribution in [2.45, 2.75) is 11.7 Å². The van der Waals surface area contributed by atoms with Gasteiger partial charge in [0.05, 0.1) is 24.4 Å². The Morgan fingerprint density at radius 1 is 1.07 bits per heavy atom. The van der Waals surface area contributed by atoms with Gasteiger partial charge < -0.3 is 11.1 Å². The minimum absolute atomic E-state index is 0.0253. The fraction of sp³-hybridized carbons (Fsp3) is 0.158. The molecule has 2 amide bonds. The van der Waals surface area contributed by atoms with Gasteiger partial charge >= 0.3 is 0 Å². The Balaban J connectivity index is 1.86. The van der Waals surface area contributed by atoms with Crippen LogP contribution in [0.3, 0.4) is 0 Å². The highest BCUT2D eigenvalue weighted by molar-refractivity contribution is 7.99. The lowest BCUT2D eigenvalue weighted by molar-refractivity contribution is -0.123. The van der Waals surface area contributed by atoms with Crippen molar-refractivity contribution in [2.75, 3.05) is 12.3 Å². The van der Waals surface area contributed by atoms with E-state index in [-0.39, 0.29) is 18.2 Å². The largest absolute Gasteiger partial charge is 0.368 e. The van der Waals surface area contributed by atoms with Gasteiger partial charge in [-0.2, -0.15) is 0 Å². The highest BCUT2D eigenvalue weighted by Crippen LogP contribution is 2.26. The summed E-state index contributed by atoms with van der Waals surface area (Å²) in [5.41, 5.74) is 6.33. The number of benzene rings is 2. The molecule has 7 nitrogen and oxygen atoms in total. The minimum Gasteiger partial charge on any atom is -0.368 e. The molecule has 28 heavy (non-hydrogen) atoms. The molecule has 0 saturated carbocycles. The molecule has 2 aromatic carbocycles. The summed E-state index contributed by atoms with van der Waals surface area (Å²) >= 11 is 1.15. The second-order valence-electron chi connectivity index (χ2n) is 5.89. The molecule has 0 spiro atoms. The summed E-state index contributed by atoms with van der Waals surface area (Å²) in [6, 6.07) is 15.9. The van der Waals surface area contributed by atoms with Gasteiger partial charge in [0.2, 0.25) is 11.8 Å². The van der Waals surface area contributed by atoms with E-state index in [9.17, 15) is 14.0 Å². The molecule has 0 fully saturated rings. The average Bonchev–Trinajstić information content (AvgIpc) is 3.08. The minimum atomic E-state index is -0.618. The van der Waals surface area contributed by atoms with Crippen LogP contribution < -0.4 is 11.1 Å². The predicted molar refractivity (Wildman–Crippen MR) is 104 cm³/mol. The lowest BCUT2D eigenvalue weighted by atomic mass is 10.2. The van der Waals surface area contributed by atoms with Crippen LogP contribution in [0.2, 0.25) is 0 Å². The van der Waals surface area contributed by atoms with Gasteiger partial charge in [0.25, 0.3) is 0 Å². The molecule has 3 rings (SSSR count). The lowest BCUT2D eigenvalue weighted by Gasteiger charge is -2.11. The molecule has 0 aliphatic heterocycles. The number of nitrogens with zero attached hydrogens (tertiary/aromatic N) is 3. The van der Waals surface area contributed by atoms with Crippen LogP contribution in [0, 0.1) is 5.82 Å². The molecule has 0 aliphatic rings. The number of thioether (sulfide) groups is 1. The molecule has 3 aromatic rings. The van der Waals surface area contributed by atoms with Crippen LogP contribution in [0.25, 0.3) is 11.4 Å². The summed E-state index contributed by atoms with van der Waals surface area (Å²) in [5, 5.41) is 11.2. The summed E-state index contributed by atoms with van der Waals surface area (Å²) in [4.78, 5) is 22.6. The number of rotatable bonds is 8. The smallest absolute Gasteiger partial charge is 0.236 e. The van der Waals surface area contributed by atoms with Crippen molar-refractivity contribution in [3.05, 3.63) is 66.0 Å². The Morgan fingerprint density at radius 2 is 1.79 bits per heavy atom. The number of amides is 2. The first-order chi connectivity index (χ1) is 13.5. The summed E-state index contributed by atoms with van der Waals surface area (Å²) in [6.45, 7) is 0.194. The number of nitrogens with two attached hydrogens (primary N) is 1. The first kappa shape index (κ1) is 19.6. The normalized spacial score (nSPS) is 10.6. The van der Waals surface area contributed by atoms with Crippen LogP contribution in [0.4, 0.5) is 4.39 Å². The maximum atomic E-state index is 14.3. The monoisotopic (exact) mass is 399 g/mol. The van der Waals surface area contributed by atoms with E-state index >= 15 is 0 Å².